The molecule has 2 nitrogen and oxygen atoms in total. The third-order valence-electron chi connectivity index (χ3n) is 2.29. The number of nitrogens with one attached hydrogen (secondary N) is 1. The fourth-order valence-corrected chi connectivity index (χ4v) is 1.50. The van der Waals surface area contributed by atoms with Crippen LogP contribution >= 0.6 is 0 Å². The third-order valence-corrected chi connectivity index (χ3v) is 2.29. The summed E-state index contributed by atoms with van der Waals surface area (Å²) in [5.41, 5.74) is 1.50. The van der Waals surface area contributed by atoms with E-state index in [0.29, 0.717) is 5.52 Å². The highest BCUT2D eigenvalue weighted by molar-refractivity contribution is 5.82. The van der Waals surface area contributed by atoms with Crippen LogP contribution in [0.5, 0.6) is 0 Å². The van der Waals surface area contributed by atoms with Crippen LogP contribution in [0, 0.1) is 17.1 Å². The van der Waals surface area contributed by atoms with Gasteiger partial charge in [0.05, 0.1) is 11.1 Å². The molecule has 0 radical (unpaired) electrons. The first-order valence-corrected chi connectivity index (χ1v) is 4.46. The number of fused-ring (bicyclic) bond motifs is 1. The fourth-order valence-electron chi connectivity index (χ4n) is 1.50. The van der Waals surface area contributed by atoms with E-state index in [-0.39, 0.29) is 5.56 Å². The minimum atomic E-state index is -0.454. The molecule has 0 saturated heterocycles. The SMILES string of the molecule is CCc1cc2ccc(C#N)c(F)c2[nH]1. The highest BCUT2D eigenvalue weighted by Crippen LogP contribution is 2.21. The number of benzene rings is 1. The maximum Gasteiger partial charge on any atom is 0.164 e. The first kappa shape index (κ1) is 8.76. The van der Waals surface area contributed by atoms with Crippen LogP contribution in [0.4, 0.5) is 4.39 Å². The Labute approximate surface area is 81.0 Å². The molecular formula is C11H9FN2. The van der Waals surface area contributed by atoms with Crippen molar-refractivity contribution < 1.29 is 4.39 Å². The Hall–Kier alpha value is -1.82. The molecule has 3 heteroatoms. The van der Waals surface area contributed by atoms with Gasteiger partial charge in [0, 0.05) is 11.1 Å². The molecule has 0 aliphatic rings. The molecule has 0 spiro atoms. The van der Waals surface area contributed by atoms with Crippen molar-refractivity contribution in [3.05, 3.63) is 35.3 Å². The van der Waals surface area contributed by atoms with E-state index >= 15 is 0 Å². The molecule has 0 fully saturated rings. The highest BCUT2D eigenvalue weighted by Gasteiger charge is 2.08. The Morgan fingerprint density at radius 2 is 2.29 bits per heavy atom. The zero-order valence-corrected chi connectivity index (χ0v) is 7.76. The molecule has 14 heavy (non-hydrogen) atoms. The summed E-state index contributed by atoms with van der Waals surface area (Å²) in [5, 5.41) is 9.46. The largest absolute Gasteiger partial charge is 0.356 e. The minimum Gasteiger partial charge on any atom is -0.356 e. The van der Waals surface area contributed by atoms with Crippen LogP contribution in [-0.4, -0.2) is 4.98 Å². The Morgan fingerprint density at radius 3 is 2.93 bits per heavy atom. The van der Waals surface area contributed by atoms with Crippen molar-refractivity contribution in [3.63, 3.8) is 0 Å². The van der Waals surface area contributed by atoms with Crippen molar-refractivity contribution in [1.29, 1.82) is 5.26 Å². The molecule has 0 bridgehead atoms. The molecule has 1 heterocycles. The van der Waals surface area contributed by atoms with Gasteiger partial charge in [0.15, 0.2) is 5.82 Å². The zero-order valence-electron chi connectivity index (χ0n) is 7.76. The topological polar surface area (TPSA) is 39.6 Å². The molecule has 0 atom stereocenters. The molecular weight excluding hydrogens is 179 g/mol. The van der Waals surface area contributed by atoms with Gasteiger partial charge in [0.25, 0.3) is 0 Å². The molecule has 70 valence electrons. The van der Waals surface area contributed by atoms with Gasteiger partial charge in [-0.3, -0.25) is 0 Å². The van der Waals surface area contributed by atoms with E-state index in [1.807, 2.05) is 19.1 Å². The molecule has 1 aromatic carbocycles. The zero-order chi connectivity index (χ0) is 10.1. The molecule has 0 unspecified atom stereocenters. The van der Waals surface area contributed by atoms with Crippen molar-refractivity contribution in [1.82, 2.24) is 4.98 Å². The molecule has 0 amide bonds. The summed E-state index contributed by atoms with van der Waals surface area (Å²) in [6.45, 7) is 1.99. The predicted molar refractivity (Wildman–Crippen MR) is 52.3 cm³/mol. The number of nitriles is 1. The third kappa shape index (κ3) is 1.16. The lowest BCUT2D eigenvalue weighted by molar-refractivity contribution is 0.633. The minimum absolute atomic E-state index is 0.0852. The van der Waals surface area contributed by atoms with Crippen molar-refractivity contribution >= 4 is 10.9 Å². The Balaban J connectivity index is 2.76. The van der Waals surface area contributed by atoms with Gasteiger partial charge in [-0.1, -0.05) is 13.0 Å². The molecule has 0 saturated carbocycles. The number of halogens is 1. The predicted octanol–water partition coefficient (Wildman–Crippen LogP) is 2.74. The fraction of sp³-hybridized carbons (Fsp3) is 0.182. The Morgan fingerprint density at radius 1 is 1.50 bits per heavy atom. The Bertz CT molecular complexity index is 520. The number of aromatic nitrogens is 1. The lowest BCUT2D eigenvalue weighted by Gasteiger charge is -1.94. The second-order valence-electron chi connectivity index (χ2n) is 3.15. The lowest BCUT2D eigenvalue weighted by atomic mass is 10.1. The highest BCUT2D eigenvalue weighted by atomic mass is 19.1. The van der Waals surface area contributed by atoms with Gasteiger partial charge in [-0.15, -0.1) is 0 Å². The monoisotopic (exact) mass is 188 g/mol. The number of aromatic amines is 1. The second kappa shape index (κ2) is 3.15. The van der Waals surface area contributed by atoms with Gasteiger partial charge < -0.3 is 4.98 Å². The first-order valence-electron chi connectivity index (χ1n) is 4.46. The van der Waals surface area contributed by atoms with Crippen molar-refractivity contribution in [2.75, 3.05) is 0 Å². The van der Waals surface area contributed by atoms with Crippen molar-refractivity contribution in [2.24, 2.45) is 0 Å². The molecule has 1 N–H and O–H groups in total. The van der Waals surface area contributed by atoms with Gasteiger partial charge in [0.2, 0.25) is 0 Å². The number of nitrogens with zero attached hydrogens (tertiary/aromatic N) is 1. The second-order valence-corrected chi connectivity index (χ2v) is 3.15. The van der Waals surface area contributed by atoms with Crippen LogP contribution in [0.1, 0.15) is 18.2 Å². The molecule has 2 aromatic rings. The number of rotatable bonds is 1. The van der Waals surface area contributed by atoms with Crippen LogP contribution in [0.3, 0.4) is 0 Å². The van der Waals surface area contributed by atoms with E-state index < -0.39 is 5.82 Å². The van der Waals surface area contributed by atoms with Gasteiger partial charge >= 0.3 is 0 Å². The van der Waals surface area contributed by atoms with Crippen LogP contribution < -0.4 is 0 Å². The van der Waals surface area contributed by atoms with E-state index in [0.717, 1.165) is 17.5 Å². The molecule has 1 aromatic heterocycles. The van der Waals surface area contributed by atoms with Gasteiger partial charge in [-0.25, -0.2) is 4.39 Å². The van der Waals surface area contributed by atoms with Crippen LogP contribution in [-0.2, 0) is 6.42 Å². The van der Waals surface area contributed by atoms with Crippen molar-refractivity contribution in [2.45, 2.75) is 13.3 Å². The molecule has 0 aliphatic carbocycles. The molecule has 0 aliphatic heterocycles. The van der Waals surface area contributed by atoms with Gasteiger partial charge in [-0.2, -0.15) is 5.26 Å². The summed E-state index contributed by atoms with van der Waals surface area (Å²) in [4.78, 5) is 2.96. The first-order chi connectivity index (χ1) is 6.76. The van der Waals surface area contributed by atoms with Crippen molar-refractivity contribution in [3.8, 4) is 6.07 Å². The summed E-state index contributed by atoms with van der Waals surface area (Å²) in [6.07, 6.45) is 0.829. The number of H-pyrrole nitrogens is 1. The number of aryl methyl sites for hydroxylation is 1. The summed E-state index contributed by atoms with van der Waals surface area (Å²) >= 11 is 0. The van der Waals surface area contributed by atoms with E-state index in [1.54, 1.807) is 6.07 Å². The summed E-state index contributed by atoms with van der Waals surface area (Å²) in [7, 11) is 0. The maximum absolute atomic E-state index is 13.6. The van der Waals surface area contributed by atoms with E-state index in [9.17, 15) is 4.39 Å². The summed E-state index contributed by atoms with van der Waals surface area (Å²) < 4.78 is 13.6. The number of hydrogen-bond acceptors (Lipinski definition) is 1. The number of hydrogen-bond donors (Lipinski definition) is 1. The standard InChI is InChI=1S/C11H9FN2/c1-2-9-5-7-3-4-8(6-13)10(12)11(7)14-9/h3-5,14H,2H2,1H3. The average Bonchev–Trinajstić information content (AvgIpc) is 2.62. The van der Waals surface area contributed by atoms with Crippen LogP contribution in [0.2, 0.25) is 0 Å². The summed E-state index contributed by atoms with van der Waals surface area (Å²) in [5.74, 6) is -0.454. The van der Waals surface area contributed by atoms with E-state index in [2.05, 4.69) is 4.98 Å². The van der Waals surface area contributed by atoms with Gasteiger partial charge in [-0.05, 0) is 18.6 Å². The Kier molecular flexibility index (Phi) is 1.97. The van der Waals surface area contributed by atoms with E-state index in [1.165, 1.54) is 6.07 Å². The van der Waals surface area contributed by atoms with Crippen LogP contribution in [0.25, 0.3) is 10.9 Å². The maximum atomic E-state index is 13.6. The van der Waals surface area contributed by atoms with Gasteiger partial charge in [0.1, 0.15) is 6.07 Å². The van der Waals surface area contributed by atoms with Crippen LogP contribution in [0.15, 0.2) is 18.2 Å². The smallest absolute Gasteiger partial charge is 0.164 e. The normalized spacial score (nSPS) is 10.4. The summed E-state index contributed by atoms with van der Waals surface area (Å²) in [6, 6.07) is 6.98. The quantitative estimate of drug-likeness (QED) is 0.734. The lowest BCUT2D eigenvalue weighted by Crippen LogP contribution is -1.85. The molecule has 2 rings (SSSR count). The van der Waals surface area contributed by atoms with E-state index in [4.69, 9.17) is 5.26 Å². The average molecular weight is 188 g/mol.